The summed E-state index contributed by atoms with van der Waals surface area (Å²) in [6.07, 6.45) is 2.42. The fourth-order valence-electron chi connectivity index (χ4n) is 1.45. The first-order valence-corrected chi connectivity index (χ1v) is 7.49. The van der Waals surface area contributed by atoms with Crippen LogP contribution in [0.4, 0.5) is 0 Å². The van der Waals surface area contributed by atoms with Crippen LogP contribution < -0.4 is 0 Å². The van der Waals surface area contributed by atoms with Crippen molar-refractivity contribution in [1.29, 1.82) is 0 Å². The van der Waals surface area contributed by atoms with Crippen LogP contribution in [0.5, 0.6) is 0 Å². The van der Waals surface area contributed by atoms with E-state index < -0.39 is 12.1 Å². The van der Waals surface area contributed by atoms with Gasteiger partial charge in [0.25, 0.3) is 0 Å². The number of rotatable bonds is 7. The van der Waals surface area contributed by atoms with E-state index in [1.54, 1.807) is 13.8 Å². The molecule has 0 bridgehead atoms. The Morgan fingerprint density at radius 2 is 1.81 bits per heavy atom. The zero-order valence-corrected chi connectivity index (χ0v) is 14.1. The van der Waals surface area contributed by atoms with Gasteiger partial charge in [-0.15, -0.1) is 5.73 Å². The Balaban J connectivity index is 4.38. The Labute approximate surface area is 128 Å². The van der Waals surface area contributed by atoms with Gasteiger partial charge in [0.05, 0.1) is 6.61 Å². The minimum Gasteiger partial charge on any atom is -0.463 e. The molecule has 0 rings (SSSR count). The van der Waals surface area contributed by atoms with E-state index in [1.165, 1.54) is 0 Å². The van der Waals surface area contributed by atoms with E-state index in [4.69, 9.17) is 9.47 Å². The summed E-state index contributed by atoms with van der Waals surface area (Å²) in [6.45, 7) is 12.0. The average molecular weight is 296 g/mol. The third-order valence-electron chi connectivity index (χ3n) is 2.65. The molecule has 0 aliphatic heterocycles. The molecule has 0 aliphatic carbocycles. The molecular weight excluding hydrogens is 268 g/mol. The Bertz CT molecular complexity index is 409. The summed E-state index contributed by atoms with van der Waals surface area (Å²) >= 11 is 0. The third kappa shape index (κ3) is 9.91. The van der Waals surface area contributed by atoms with E-state index >= 15 is 0 Å². The first-order valence-electron chi connectivity index (χ1n) is 7.49. The SMILES string of the molecule is CCOC(=O)C(CC)OC(=O)CCC(C)=C=CC(C)(C)C. The van der Waals surface area contributed by atoms with Crippen LogP contribution in [-0.4, -0.2) is 24.6 Å². The van der Waals surface area contributed by atoms with Crippen LogP contribution in [0.1, 0.15) is 60.8 Å². The van der Waals surface area contributed by atoms with Crippen molar-refractivity contribution in [2.24, 2.45) is 5.41 Å². The van der Waals surface area contributed by atoms with Gasteiger partial charge in [0.1, 0.15) is 0 Å². The van der Waals surface area contributed by atoms with Gasteiger partial charge < -0.3 is 9.47 Å². The fraction of sp³-hybridized carbons (Fsp3) is 0.706. The molecule has 0 saturated heterocycles. The summed E-state index contributed by atoms with van der Waals surface area (Å²) in [6, 6.07) is 0. The highest BCUT2D eigenvalue weighted by atomic mass is 16.6. The highest BCUT2D eigenvalue weighted by Crippen LogP contribution is 2.15. The van der Waals surface area contributed by atoms with E-state index in [0.29, 0.717) is 12.8 Å². The van der Waals surface area contributed by atoms with E-state index in [1.807, 2.05) is 13.0 Å². The van der Waals surface area contributed by atoms with Crippen molar-refractivity contribution in [3.8, 4) is 0 Å². The second kappa shape index (κ2) is 9.41. The predicted molar refractivity (Wildman–Crippen MR) is 82.8 cm³/mol. The lowest BCUT2D eigenvalue weighted by atomic mass is 9.96. The lowest BCUT2D eigenvalue weighted by Crippen LogP contribution is -2.28. The molecule has 0 amide bonds. The topological polar surface area (TPSA) is 52.6 Å². The van der Waals surface area contributed by atoms with Crippen molar-refractivity contribution in [2.45, 2.75) is 66.9 Å². The molecule has 0 heterocycles. The highest BCUT2D eigenvalue weighted by molar-refractivity contribution is 5.79. The zero-order valence-electron chi connectivity index (χ0n) is 14.1. The normalized spacial score (nSPS) is 12.1. The highest BCUT2D eigenvalue weighted by Gasteiger charge is 2.21. The second-order valence-electron chi connectivity index (χ2n) is 6.07. The largest absolute Gasteiger partial charge is 0.463 e. The maximum Gasteiger partial charge on any atom is 0.347 e. The molecule has 4 nitrogen and oxygen atoms in total. The van der Waals surface area contributed by atoms with Gasteiger partial charge >= 0.3 is 11.9 Å². The predicted octanol–water partition coefficient (Wildman–Crippen LogP) is 3.80. The number of esters is 2. The van der Waals surface area contributed by atoms with Crippen molar-refractivity contribution < 1.29 is 19.1 Å². The first kappa shape index (κ1) is 19.5. The van der Waals surface area contributed by atoms with Crippen LogP contribution in [0.2, 0.25) is 0 Å². The van der Waals surface area contributed by atoms with Crippen molar-refractivity contribution >= 4 is 11.9 Å². The molecule has 0 aliphatic rings. The van der Waals surface area contributed by atoms with Crippen molar-refractivity contribution in [1.82, 2.24) is 0 Å². The van der Waals surface area contributed by atoms with Crippen LogP contribution in [0.25, 0.3) is 0 Å². The molecule has 120 valence electrons. The summed E-state index contributed by atoms with van der Waals surface area (Å²) < 4.78 is 10.0. The van der Waals surface area contributed by atoms with Crippen LogP contribution in [0.3, 0.4) is 0 Å². The van der Waals surface area contributed by atoms with Crippen LogP contribution in [0.15, 0.2) is 17.4 Å². The molecule has 4 heteroatoms. The van der Waals surface area contributed by atoms with Gasteiger partial charge in [-0.25, -0.2) is 4.79 Å². The lowest BCUT2D eigenvalue weighted by molar-refractivity contribution is -0.167. The Morgan fingerprint density at radius 3 is 2.29 bits per heavy atom. The molecule has 1 unspecified atom stereocenters. The minimum atomic E-state index is -0.799. The van der Waals surface area contributed by atoms with Crippen LogP contribution in [0, 0.1) is 5.41 Å². The monoisotopic (exact) mass is 296 g/mol. The molecule has 0 aromatic carbocycles. The van der Waals surface area contributed by atoms with Gasteiger partial charge in [0.2, 0.25) is 0 Å². The number of hydrogen-bond donors (Lipinski definition) is 0. The van der Waals surface area contributed by atoms with Gasteiger partial charge in [-0.3, -0.25) is 4.79 Å². The maximum absolute atomic E-state index is 11.7. The van der Waals surface area contributed by atoms with E-state index in [9.17, 15) is 9.59 Å². The molecule has 0 aromatic rings. The number of allylic oxidation sites excluding steroid dienone is 1. The number of ether oxygens (including phenoxy) is 2. The zero-order chi connectivity index (χ0) is 16.5. The van der Waals surface area contributed by atoms with Gasteiger partial charge in [-0.1, -0.05) is 27.7 Å². The first-order chi connectivity index (χ1) is 9.69. The lowest BCUT2D eigenvalue weighted by Gasteiger charge is -2.14. The summed E-state index contributed by atoms with van der Waals surface area (Å²) in [7, 11) is 0. The van der Waals surface area contributed by atoms with E-state index in [0.717, 1.165) is 5.57 Å². The average Bonchev–Trinajstić information content (AvgIpc) is 2.39. The van der Waals surface area contributed by atoms with Gasteiger partial charge in [0.15, 0.2) is 6.10 Å². The quantitative estimate of drug-likeness (QED) is 0.529. The second-order valence-corrected chi connectivity index (χ2v) is 6.07. The van der Waals surface area contributed by atoms with Gasteiger partial charge in [0, 0.05) is 6.42 Å². The number of hydrogen-bond acceptors (Lipinski definition) is 4. The summed E-state index contributed by atoms with van der Waals surface area (Å²) in [5, 5.41) is 0. The summed E-state index contributed by atoms with van der Waals surface area (Å²) in [5.41, 5.74) is 4.24. The Morgan fingerprint density at radius 1 is 1.19 bits per heavy atom. The standard InChI is InChI=1S/C17H28O4/c1-7-14(16(19)20-8-2)21-15(18)10-9-13(3)11-12-17(4,5)6/h12,14H,7-10H2,1-6H3. The number of carbonyl (C=O) groups excluding carboxylic acids is 2. The molecule has 0 aromatic heterocycles. The third-order valence-corrected chi connectivity index (χ3v) is 2.65. The van der Waals surface area contributed by atoms with Crippen molar-refractivity contribution in [2.75, 3.05) is 6.61 Å². The van der Waals surface area contributed by atoms with Gasteiger partial charge in [-0.05, 0) is 43.8 Å². The molecule has 1 atom stereocenters. The van der Waals surface area contributed by atoms with Gasteiger partial charge in [-0.2, -0.15) is 0 Å². The molecule has 0 saturated carbocycles. The van der Waals surface area contributed by atoms with E-state index in [-0.39, 0.29) is 24.4 Å². The van der Waals surface area contributed by atoms with Crippen LogP contribution in [-0.2, 0) is 19.1 Å². The van der Waals surface area contributed by atoms with Crippen molar-refractivity contribution in [3.05, 3.63) is 17.4 Å². The molecule has 0 fully saturated rings. The molecule has 0 spiro atoms. The van der Waals surface area contributed by atoms with Crippen LogP contribution >= 0.6 is 0 Å². The summed E-state index contributed by atoms with van der Waals surface area (Å²) in [5.74, 6) is -0.861. The minimum absolute atomic E-state index is 0.0684. The van der Waals surface area contributed by atoms with Crippen molar-refractivity contribution in [3.63, 3.8) is 0 Å². The Kier molecular flexibility index (Phi) is 8.72. The molecule has 0 radical (unpaired) electrons. The molecule has 0 N–H and O–H groups in total. The molecule has 21 heavy (non-hydrogen) atoms. The fourth-order valence-corrected chi connectivity index (χ4v) is 1.45. The van der Waals surface area contributed by atoms with E-state index in [2.05, 4.69) is 26.5 Å². The molecular formula is C17H28O4. The summed E-state index contributed by atoms with van der Waals surface area (Å²) in [4.78, 5) is 23.3. The number of carbonyl (C=O) groups is 2. The Hall–Kier alpha value is -1.54. The maximum atomic E-state index is 11.7. The smallest absolute Gasteiger partial charge is 0.347 e.